The van der Waals surface area contributed by atoms with Gasteiger partial charge in [0, 0.05) is 14.3 Å². The molecule has 0 saturated heterocycles. The van der Waals surface area contributed by atoms with Gasteiger partial charge in [0.15, 0.2) is 11.5 Å². The average molecular weight is 559 g/mol. The Labute approximate surface area is 205 Å². The number of amides is 1. The largest absolute Gasteiger partial charge is 0.490 e. The Hall–Kier alpha value is -3.02. The van der Waals surface area contributed by atoms with Gasteiger partial charge < -0.3 is 14.8 Å². The van der Waals surface area contributed by atoms with Gasteiger partial charge in [0.25, 0.3) is 5.91 Å². The summed E-state index contributed by atoms with van der Waals surface area (Å²) >= 11 is 8.21. The number of ether oxygens (including phenoxy) is 2. The summed E-state index contributed by atoms with van der Waals surface area (Å²) in [4.78, 5) is 12.5. The summed E-state index contributed by atoms with van der Waals surface area (Å²) in [7, 11) is 0. The molecule has 3 aromatic carbocycles. The second kappa shape index (κ2) is 11.6. The second-order valence-corrected chi connectivity index (χ2v) is 8.37. The Morgan fingerprint density at radius 3 is 2.56 bits per heavy atom. The van der Waals surface area contributed by atoms with Crippen LogP contribution in [0, 0.1) is 14.9 Å². The van der Waals surface area contributed by atoms with Crippen LogP contribution >= 0.6 is 34.2 Å². The quantitative estimate of drug-likeness (QED) is 0.195. The third-order valence-corrected chi connectivity index (χ3v) is 5.29. The molecule has 0 radical (unpaired) electrons. The molecule has 0 aromatic heterocycles. The highest BCUT2D eigenvalue weighted by molar-refractivity contribution is 14.1. The topological polar surface area (TPSA) is 71.3 Å². The van der Waals surface area contributed by atoms with Crippen molar-refractivity contribution in [2.24, 2.45) is 0 Å². The SMILES string of the molecule is CCOc1cc(/C=C(\C#N)C(=O)Nc2cccc(Cl)c2)ccc1OCc1ccc(I)cc1. The fourth-order valence-electron chi connectivity index (χ4n) is 2.82. The van der Waals surface area contributed by atoms with Crippen molar-refractivity contribution >= 4 is 51.9 Å². The minimum absolute atomic E-state index is 0.0417. The van der Waals surface area contributed by atoms with Crippen molar-refractivity contribution < 1.29 is 14.3 Å². The van der Waals surface area contributed by atoms with E-state index in [2.05, 4.69) is 27.9 Å². The number of hydrogen-bond donors (Lipinski definition) is 1. The third kappa shape index (κ3) is 6.74. The van der Waals surface area contributed by atoms with Crippen molar-refractivity contribution in [3.05, 3.63) is 92.0 Å². The summed E-state index contributed by atoms with van der Waals surface area (Å²) in [6, 6.07) is 22.0. The first-order valence-electron chi connectivity index (χ1n) is 9.81. The summed E-state index contributed by atoms with van der Waals surface area (Å²) in [6.07, 6.45) is 1.51. The number of hydrogen-bond acceptors (Lipinski definition) is 4. The van der Waals surface area contributed by atoms with Gasteiger partial charge in [-0.1, -0.05) is 35.9 Å². The zero-order chi connectivity index (χ0) is 22.9. The summed E-state index contributed by atoms with van der Waals surface area (Å²) in [5.41, 5.74) is 2.16. The normalized spacial score (nSPS) is 10.9. The molecule has 0 aliphatic carbocycles. The van der Waals surface area contributed by atoms with Crippen LogP contribution in [0.25, 0.3) is 6.08 Å². The predicted octanol–water partition coefficient (Wildman–Crippen LogP) is 6.47. The molecule has 0 aliphatic rings. The first-order valence-corrected chi connectivity index (χ1v) is 11.3. The lowest BCUT2D eigenvalue weighted by atomic mass is 10.1. The predicted molar refractivity (Wildman–Crippen MR) is 135 cm³/mol. The van der Waals surface area contributed by atoms with E-state index < -0.39 is 5.91 Å². The molecule has 0 atom stereocenters. The zero-order valence-corrected chi connectivity index (χ0v) is 20.2. The highest BCUT2D eigenvalue weighted by Crippen LogP contribution is 2.30. The fourth-order valence-corrected chi connectivity index (χ4v) is 3.37. The van der Waals surface area contributed by atoms with E-state index in [1.54, 1.807) is 42.5 Å². The number of benzene rings is 3. The monoisotopic (exact) mass is 558 g/mol. The van der Waals surface area contributed by atoms with Gasteiger partial charge in [-0.05, 0) is 89.2 Å². The van der Waals surface area contributed by atoms with E-state index in [1.165, 1.54) is 6.08 Å². The first-order chi connectivity index (χ1) is 15.5. The molecule has 0 spiro atoms. The van der Waals surface area contributed by atoms with Gasteiger partial charge in [-0.25, -0.2) is 0 Å². The van der Waals surface area contributed by atoms with Crippen LogP contribution in [0.3, 0.4) is 0 Å². The van der Waals surface area contributed by atoms with Crippen molar-refractivity contribution in [1.82, 2.24) is 0 Å². The Bertz CT molecular complexity index is 1170. The van der Waals surface area contributed by atoms with E-state index in [0.29, 0.717) is 41.0 Å². The number of anilines is 1. The maximum absolute atomic E-state index is 12.5. The van der Waals surface area contributed by atoms with E-state index in [-0.39, 0.29) is 5.57 Å². The van der Waals surface area contributed by atoms with Crippen molar-refractivity contribution in [1.29, 1.82) is 5.26 Å². The van der Waals surface area contributed by atoms with Crippen molar-refractivity contribution in [3.63, 3.8) is 0 Å². The lowest BCUT2D eigenvalue weighted by Gasteiger charge is -2.13. The van der Waals surface area contributed by atoms with Crippen LogP contribution in [0.15, 0.2) is 72.3 Å². The molecule has 0 heterocycles. The standard InChI is InChI=1S/C25H20ClIN2O3/c1-2-31-24-13-18(8-11-23(24)32-16-17-6-9-21(27)10-7-17)12-19(15-28)25(30)29-22-5-3-4-20(26)14-22/h3-14H,2,16H2,1H3,(H,29,30)/b19-12+. The van der Waals surface area contributed by atoms with E-state index in [1.807, 2.05) is 37.3 Å². The van der Waals surface area contributed by atoms with Gasteiger partial charge in [-0.15, -0.1) is 0 Å². The number of halogens is 2. The van der Waals surface area contributed by atoms with E-state index in [4.69, 9.17) is 21.1 Å². The van der Waals surface area contributed by atoms with Crippen LogP contribution in [-0.4, -0.2) is 12.5 Å². The molecular weight excluding hydrogens is 539 g/mol. The zero-order valence-electron chi connectivity index (χ0n) is 17.3. The van der Waals surface area contributed by atoms with Crippen molar-refractivity contribution in [2.75, 3.05) is 11.9 Å². The Balaban J connectivity index is 1.77. The van der Waals surface area contributed by atoms with Crippen LogP contribution in [0.1, 0.15) is 18.1 Å². The van der Waals surface area contributed by atoms with Crippen molar-refractivity contribution in [3.8, 4) is 17.6 Å². The fraction of sp³-hybridized carbons (Fsp3) is 0.120. The number of nitrogens with zero attached hydrogens (tertiary/aromatic N) is 1. The van der Waals surface area contributed by atoms with Crippen LogP contribution < -0.4 is 14.8 Å². The van der Waals surface area contributed by atoms with E-state index in [9.17, 15) is 10.1 Å². The Kier molecular flexibility index (Phi) is 8.54. The molecule has 0 aliphatic heterocycles. The average Bonchev–Trinajstić information content (AvgIpc) is 2.78. The lowest BCUT2D eigenvalue weighted by Crippen LogP contribution is -2.13. The van der Waals surface area contributed by atoms with Gasteiger partial charge in [-0.2, -0.15) is 5.26 Å². The number of nitrogens with one attached hydrogen (secondary N) is 1. The van der Waals surface area contributed by atoms with Crippen LogP contribution in [0.5, 0.6) is 11.5 Å². The number of carbonyl (C=O) groups is 1. The lowest BCUT2D eigenvalue weighted by molar-refractivity contribution is -0.112. The molecule has 162 valence electrons. The molecular formula is C25H20ClIN2O3. The molecule has 3 aromatic rings. The van der Waals surface area contributed by atoms with Crippen LogP contribution in [0.2, 0.25) is 5.02 Å². The summed E-state index contributed by atoms with van der Waals surface area (Å²) in [5.74, 6) is 0.607. The molecule has 0 fully saturated rings. The van der Waals surface area contributed by atoms with Crippen LogP contribution in [-0.2, 0) is 11.4 Å². The molecule has 7 heteroatoms. The molecule has 0 unspecified atom stereocenters. The maximum Gasteiger partial charge on any atom is 0.266 e. The number of nitriles is 1. The first kappa shape index (κ1) is 23.6. The molecule has 1 N–H and O–H groups in total. The van der Waals surface area contributed by atoms with Gasteiger partial charge in [-0.3, -0.25) is 4.79 Å². The minimum atomic E-state index is -0.522. The maximum atomic E-state index is 12.5. The summed E-state index contributed by atoms with van der Waals surface area (Å²) < 4.78 is 12.8. The van der Waals surface area contributed by atoms with Gasteiger partial charge >= 0.3 is 0 Å². The van der Waals surface area contributed by atoms with Crippen molar-refractivity contribution in [2.45, 2.75) is 13.5 Å². The Morgan fingerprint density at radius 2 is 1.88 bits per heavy atom. The number of carbonyl (C=O) groups excluding carboxylic acids is 1. The van der Waals surface area contributed by atoms with Gasteiger partial charge in [0.05, 0.1) is 6.61 Å². The smallest absolute Gasteiger partial charge is 0.266 e. The van der Waals surface area contributed by atoms with Gasteiger partial charge in [0.2, 0.25) is 0 Å². The minimum Gasteiger partial charge on any atom is -0.490 e. The molecule has 3 rings (SSSR count). The molecule has 32 heavy (non-hydrogen) atoms. The molecule has 1 amide bonds. The second-order valence-electron chi connectivity index (χ2n) is 6.69. The summed E-state index contributed by atoms with van der Waals surface area (Å²) in [6.45, 7) is 2.73. The highest BCUT2D eigenvalue weighted by Gasteiger charge is 2.12. The number of rotatable bonds is 8. The third-order valence-electron chi connectivity index (χ3n) is 4.33. The molecule has 0 saturated carbocycles. The Morgan fingerprint density at radius 1 is 1.09 bits per heavy atom. The van der Waals surface area contributed by atoms with Crippen LogP contribution in [0.4, 0.5) is 5.69 Å². The summed E-state index contributed by atoms with van der Waals surface area (Å²) in [5, 5.41) is 12.7. The molecule has 5 nitrogen and oxygen atoms in total. The molecule has 0 bridgehead atoms. The van der Waals surface area contributed by atoms with E-state index >= 15 is 0 Å². The highest BCUT2D eigenvalue weighted by atomic mass is 127. The van der Waals surface area contributed by atoms with Gasteiger partial charge in [0.1, 0.15) is 18.2 Å². The van der Waals surface area contributed by atoms with E-state index in [0.717, 1.165) is 9.13 Å².